The van der Waals surface area contributed by atoms with E-state index in [0.717, 1.165) is 46.5 Å². The first-order valence-electron chi connectivity index (χ1n) is 25.6. The third-order valence-electron chi connectivity index (χ3n) is 13.2. The highest BCUT2D eigenvalue weighted by molar-refractivity contribution is 7.80. The number of ether oxygens (including phenoxy) is 8. The van der Waals surface area contributed by atoms with E-state index in [4.69, 9.17) is 37.9 Å². The van der Waals surface area contributed by atoms with E-state index in [1.54, 1.807) is 18.2 Å². The Morgan fingerprint density at radius 3 is 1.55 bits per heavy atom. The lowest BCUT2D eigenvalue weighted by Crippen LogP contribution is -2.71. The minimum absolute atomic E-state index is 0.0191. The van der Waals surface area contributed by atoms with Crippen LogP contribution in [0.25, 0.3) is 0 Å². The van der Waals surface area contributed by atoms with Crippen LogP contribution >= 0.6 is 0 Å². The summed E-state index contributed by atoms with van der Waals surface area (Å²) in [6.45, 7) is 1.38. The first kappa shape index (κ1) is 64.7. The predicted octanol–water partition coefficient (Wildman–Crippen LogP) is -4.71. The van der Waals surface area contributed by atoms with Crippen molar-refractivity contribution in [2.45, 2.75) is 195 Å². The molecule has 29 nitrogen and oxygen atoms in total. The highest BCUT2D eigenvalue weighted by atomic mass is 32.3. The SMILES string of the molecule is CCCCCC/C=C\CCCOc1ccccc1C(=O)NC1[C@H](O[C@H]2C(O)C(NC(C)=O)[C@H](O[C@@H]3C(CO)O[C@@H](O[C@H]4C(O)C(NC(C)=O)[C@H](O)O[C@H]4COS(=O)(=O)[O-])C(NC(C)=O)[C@H]3O)O[C@H]2CO)OC(CO)[C@@H](O)[C@@H]1O. The van der Waals surface area contributed by atoms with Crippen LogP contribution in [0.4, 0.5) is 0 Å². The van der Waals surface area contributed by atoms with Gasteiger partial charge < -0.3 is 110 Å². The number of aliphatic hydroxyl groups excluding tert-OH is 9. The lowest BCUT2D eigenvalue weighted by atomic mass is 9.93. The van der Waals surface area contributed by atoms with Crippen molar-refractivity contribution in [3.05, 3.63) is 42.0 Å². The van der Waals surface area contributed by atoms with Crippen LogP contribution in [-0.2, 0) is 62.1 Å². The van der Waals surface area contributed by atoms with Gasteiger partial charge in [0, 0.05) is 20.8 Å². The van der Waals surface area contributed by atoms with Crippen molar-refractivity contribution >= 4 is 34.0 Å². The average molecular weight is 1140 g/mol. The van der Waals surface area contributed by atoms with Crippen LogP contribution in [0, 0.1) is 0 Å². The molecule has 30 heteroatoms. The van der Waals surface area contributed by atoms with Crippen molar-refractivity contribution in [2.75, 3.05) is 33.0 Å². The molecule has 0 bridgehead atoms. The zero-order chi connectivity index (χ0) is 57.4. The molecule has 13 N–H and O–H groups in total. The fourth-order valence-electron chi connectivity index (χ4n) is 9.39. The second-order valence-electron chi connectivity index (χ2n) is 19.2. The zero-order valence-electron chi connectivity index (χ0n) is 43.5. The van der Waals surface area contributed by atoms with Gasteiger partial charge in [0.1, 0.15) is 103 Å². The van der Waals surface area contributed by atoms with Gasteiger partial charge in [-0.15, -0.1) is 0 Å². The quantitative estimate of drug-likeness (QED) is 0.0170. The van der Waals surface area contributed by atoms with E-state index in [9.17, 15) is 78.1 Å². The monoisotopic (exact) mass is 1140 g/mol. The van der Waals surface area contributed by atoms with E-state index in [0.29, 0.717) is 6.42 Å². The lowest BCUT2D eigenvalue weighted by Gasteiger charge is -2.51. The number of unbranched alkanes of at least 4 members (excludes halogenated alkanes) is 5. The lowest BCUT2D eigenvalue weighted by molar-refractivity contribution is -0.361. The van der Waals surface area contributed by atoms with Crippen molar-refractivity contribution < 1.29 is 120 Å². The Kier molecular flexibility index (Phi) is 25.4. The molecule has 5 rings (SSSR count). The number of carbonyl (C=O) groups excluding carboxylic acids is 4. The number of para-hydroxylation sites is 1. The molecular weight excluding hydrogens is 1060 g/mol. The van der Waals surface area contributed by atoms with Gasteiger partial charge in [-0.1, -0.05) is 50.5 Å². The van der Waals surface area contributed by atoms with Gasteiger partial charge in [-0.25, -0.2) is 8.42 Å². The molecule has 0 aromatic heterocycles. The van der Waals surface area contributed by atoms with Gasteiger partial charge in [-0.05, 0) is 37.8 Å². The van der Waals surface area contributed by atoms with Crippen LogP contribution in [0.15, 0.2) is 36.4 Å². The molecule has 0 radical (unpaired) electrons. The largest absolute Gasteiger partial charge is 0.726 e. The Labute approximate surface area is 450 Å². The third kappa shape index (κ3) is 17.7. The number of rotatable bonds is 27. The number of allylic oxidation sites excluding steroid dienone is 2. The standard InChI is InChI=1S/C48H76N4O25S/c1-5-6-7-8-9-10-11-12-15-18-69-27-17-14-13-16-26(27)44(64)52-33-37(60)36(59)28(19-53)72-46(33)75-41-29(20-54)73-47(34(39(41)62)50-24(3)57)76-42-30(21-55)74-48(35(40(42)63)51-25(4)58)77-43-31(22-70-78(66,67)68)71-45(65)32(38(43)61)49-23(2)56/h10-11,13-14,16-17,28-43,45-48,53-55,59-63,65H,5-9,12,15,18-22H2,1-4H3,(H,49,56)(H,50,57)(H,51,58)(H,52,64)(H,66,67,68)/p-1/b11-10-/t28?,29-,30?,31-,32?,33?,34?,35?,36+,37+,38?,39?,40+,41+,42+,43+,45+,46-,47-,48-/m0/s1. The van der Waals surface area contributed by atoms with Gasteiger partial charge in [0.05, 0.1) is 38.6 Å². The van der Waals surface area contributed by atoms with Gasteiger partial charge in [0.15, 0.2) is 25.2 Å². The normalized spacial score (nSPS) is 35.4. The van der Waals surface area contributed by atoms with Crippen molar-refractivity contribution in [3.8, 4) is 5.75 Å². The molecule has 4 amide bonds. The van der Waals surface area contributed by atoms with Gasteiger partial charge in [-0.3, -0.25) is 23.4 Å². The van der Waals surface area contributed by atoms with E-state index in [-0.39, 0.29) is 17.9 Å². The van der Waals surface area contributed by atoms with Gasteiger partial charge in [-0.2, -0.15) is 0 Å². The molecule has 444 valence electrons. The second kappa shape index (κ2) is 30.6. The Morgan fingerprint density at radius 2 is 1.05 bits per heavy atom. The fraction of sp³-hybridized carbons (Fsp3) is 0.750. The van der Waals surface area contributed by atoms with Crippen molar-refractivity contribution in [3.63, 3.8) is 0 Å². The number of hydrogen-bond acceptors (Lipinski definition) is 25. The molecule has 0 saturated carbocycles. The summed E-state index contributed by atoms with van der Waals surface area (Å²) in [5.41, 5.74) is 0.0191. The maximum atomic E-state index is 14.0. The summed E-state index contributed by atoms with van der Waals surface area (Å²) in [5.74, 6) is -3.08. The molecule has 0 aliphatic carbocycles. The van der Waals surface area contributed by atoms with E-state index in [2.05, 4.69) is 44.5 Å². The van der Waals surface area contributed by atoms with Crippen molar-refractivity contribution in [2.24, 2.45) is 0 Å². The molecular formula is C48H75N4O25S-. The maximum absolute atomic E-state index is 14.0. The second-order valence-corrected chi connectivity index (χ2v) is 20.2. The number of aliphatic hydroxyl groups is 9. The first-order valence-corrected chi connectivity index (χ1v) is 27.0. The minimum Gasteiger partial charge on any atom is -0.726 e. The summed E-state index contributed by atoms with van der Waals surface area (Å²) in [5, 5.41) is 109. The van der Waals surface area contributed by atoms with E-state index >= 15 is 0 Å². The zero-order valence-corrected chi connectivity index (χ0v) is 44.3. The average Bonchev–Trinajstić information content (AvgIpc) is 3.41. The van der Waals surface area contributed by atoms with Crippen LogP contribution < -0.4 is 26.0 Å². The third-order valence-corrected chi connectivity index (χ3v) is 13.7. The maximum Gasteiger partial charge on any atom is 0.255 e. The highest BCUT2D eigenvalue weighted by Crippen LogP contribution is 2.35. The van der Waals surface area contributed by atoms with Crippen molar-refractivity contribution in [1.82, 2.24) is 21.3 Å². The molecule has 4 aliphatic heterocycles. The molecule has 1 aromatic carbocycles. The smallest absolute Gasteiger partial charge is 0.255 e. The van der Waals surface area contributed by atoms with Crippen LogP contribution in [0.1, 0.15) is 83.0 Å². The van der Waals surface area contributed by atoms with Crippen LogP contribution in [0.5, 0.6) is 5.75 Å². The topological polar surface area (TPSA) is 439 Å². The van der Waals surface area contributed by atoms with E-state index < -0.39 is 183 Å². The highest BCUT2D eigenvalue weighted by Gasteiger charge is 2.56. The molecule has 4 saturated heterocycles. The van der Waals surface area contributed by atoms with Crippen molar-refractivity contribution in [1.29, 1.82) is 0 Å². The molecule has 4 aliphatic rings. The summed E-state index contributed by atoms with van der Waals surface area (Å²) in [4.78, 5) is 51.3. The predicted molar refractivity (Wildman–Crippen MR) is 262 cm³/mol. The van der Waals surface area contributed by atoms with Crippen LogP contribution in [-0.4, -0.2) is 238 Å². The van der Waals surface area contributed by atoms with Gasteiger partial charge in [0.2, 0.25) is 28.1 Å². The molecule has 20 atom stereocenters. The molecule has 0 spiro atoms. The Bertz CT molecular complexity index is 2220. The first-order chi connectivity index (χ1) is 37.0. The molecule has 4 heterocycles. The summed E-state index contributed by atoms with van der Waals surface area (Å²) >= 11 is 0. The summed E-state index contributed by atoms with van der Waals surface area (Å²) < 4.78 is 85.8. The number of amides is 4. The van der Waals surface area contributed by atoms with Gasteiger partial charge >= 0.3 is 0 Å². The summed E-state index contributed by atoms with van der Waals surface area (Å²) in [6, 6.07) is -0.621. The van der Waals surface area contributed by atoms with E-state index in [1.165, 1.54) is 18.9 Å². The number of benzene rings is 1. The Hall–Kier alpha value is -4.13. The number of carbonyl (C=O) groups is 4. The molecule has 78 heavy (non-hydrogen) atoms. The molecule has 4 fully saturated rings. The van der Waals surface area contributed by atoms with Crippen LogP contribution in [0.3, 0.4) is 0 Å². The van der Waals surface area contributed by atoms with Gasteiger partial charge in [0.25, 0.3) is 5.91 Å². The summed E-state index contributed by atoms with van der Waals surface area (Å²) in [6.07, 6.45) is -18.6. The molecule has 1 aromatic rings. The fourth-order valence-corrected chi connectivity index (χ4v) is 9.69. The number of hydrogen-bond donors (Lipinski definition) is 13. The van der Waals surface area contributed by atoms with E-state index in [1.807, 2.05) is 0 Å². The summed E-state index contributed by atoms with van der Waals surface area (Å²) in [7, 11) is -5.41. The Balaban J connectivity index is 1.36. The molecule has 8 unspecified atom stereocenters. The number of nitrogens with one attached hydrogen (secondary N) is 4. The Morgan fingerprint density at radius 1 is 0.590 bits per heavy atom. The van der Waals surface area contributed by atoms with Crippen LogP contribution in [0.2, 0.25) is 0 Å². The minimum atomic E-state index is -5.41.